The van der Waals surface area contributed by atoms with Gasteiger partial charge in [0.2, 0.25) is 17.8 Å². The molecule has 0 atom stereocenters. The first-order valence-electron chi connectivity index (χ1n) is 8.83. The minimum absolute atomic E-state index is 0.0157. The number of nitrogens with one attached hydrogen (secondary N) is 3. The number of hydrogen-bond donors (Lipinski definition) is 3. The Hall–Kier alpha value is -3.99. The predicted molar refractivity (Wildman–Crippen MR) is 111 cm³/mol. The third-order valence-corrected chi connectivity index (χ3v) is 4.67. The first-order valence-corrected chi connectivity index (χ1v) is 9.64. The van der Waals surface area contributed by atoms with Gasteiger partial charge in [-0.05, 0) is 35.9 Å². The largest absolute Gasteiger partial charge is 0.454 e. The van der Waals surface area contributed by atoms with Crippen molar-refractivity contribution in [1.82, 2.24) is 15.6 Å². The van der Waals surface area contributed by atoms with E-state index in [0.717, 1.165) is 16.9 Å². The summed E-state index contributed by atoms with van der Waals surface area (Å²) in [6, 6.07) is 13.9. The highest BCUT2D eigenvalue weighted by atomic mass is 32.1. The number of carbonyl (C=O) groups is 2. The van der Waals surface area contributed by atoms with Crippen LogP contribution in [0.5, 0.6) is 11.5 Å². The first-order chi connectivity index (χ1) is 14.7. The number of hydrazone groups is 1. The second kappa shape index (κ2) is 9.01. The highest BCUT2D eigenvalue weighted by Gasteiger charge is 2.13. The normalized spacial score (nSPS) is 12.0. The Kier molecular flexibility index (Phi) is 5.80. The van der Waals surface area contributed by atoms with E-state index in [-0.39, 0.29) is 24.3 Å². The van der Waals surface area contributed by atoms with Crippen molar-refractivity contribution >= 4 is 40.3 Å². The zero-order valence-corrected chi connectivity index (χ0v) is 16.3. The second-order valence-electron chi connectivity index (χ2n) is 6.03. The molecule has 1 aliphatic heterocycles. The van der Waals surface area contributed by atoms with Gasteiger partial charge in [0.1, 0.15) is 5.01 Å². The summed E-state index contributed by atoms with van der Waals surface area (Å²) in [5.41, 5.74) is 3.84. The molecule has 10 nitrogen and oxygen atoms in total. The fourth-order valence-electron chi connectivity index (χ4n) is 2.51. The van der Waals surface area contributed by atoms with Gasteiger partial charge in [-0.2, -0.15) is 5.10 Å². The van der Waals surface area contributed by atoms with Crippen LogP contribution in [0, 0.1) is 0 Å². The number of benzene rings is 2. The molecule has 152 valence electrons. The van der Waals surface area contributed by atoms with Crippen LogP contribution < -0.4 is 25.5 Å². The fourth-order valence-corrected chi connectivity index (χ4v) is 3.24. The standard InChI is InChI=1S/C19H16N6O4S/c26-16(23-20-10-12-6-7-14-15(8-12)29-11-28-14)9-17-24-25-19(30-17)22-18(27)21-13-4-2-1-3-5-13/h1-8,10H,9,11H2,(H,23,26)(H2,21,22,25,27)/b20-10-. The summed E-state index contributed by atoms with van der Waals surface area (Å²) < 4.78 is 10.5. The average molecular weight is 424 g/mol. The van der Waals surface area contributed by atoms with Crippen molar-refractivity contribution in [3.8, 4) is 11.5 Å². The van der Waals surface area contributed by atoms with E-state index in [1.165, 1.54) is 6.21 Å². The van der Waals surface area contributed by atoms with Gasteiger partial charge >= 0.3 is 6.03 Å². The van der Waals surface area contributed by atoms with Crippen LogP contribution in [-0.2, 0) is 11.2 Å². The van der Waals surface area contributed by atoms with Crippen LogP contribution in [0.25, 0.3) is 0 Å². The zero-order valence-electron chi connectivity index (χ0n) is 15.5. The number of aromatic nitrogens is 2. The lowest BCUT2D eigenvalue weighted by Gasteiger charge is -2.03. The molecule has 3 N–H and O–H groups in total. The van der Waals surface area contributed by atoms with E-state index in [1.54, 1.807) is 30.3 Å². The summed E-state index contributed by atoms with van der Waals surface area (Å²) in [5.74, 6) is 0.952. The lowest BCUT2D eigenvalue weighted by atomic mass is 10.2. The molecule has 0 radical (unpaired) electrons. The van der Waals surface area contributed by atoms with Crippen molar-refractivity contribution in [3.05, 3.63) is 59.1 Å². The number of nitrogens with zero attached hydrogens (tertiary/aromatic N) is 3. The lowest BCUT2D eigenvalue weighted by molar-refractivity contribution is -0.120. The van der Waals surface area contributed by atoms with Crippen LogP contribution in [0.4, 0.5) is 15.6 Å². The molecule has 1 aliphatic rings. The number of rotatable bonds is 6. The number of amides is 3. The smallest absolute Gasteiger partial charge is 0.325 e. The molecule has 3 amide bonds. The van der Waals surface area contributed by atoms with E-state index < -0.39 is 6.03 Å². The molecule has 0 unspecified atom stereocenters. The van der Waals surface area contributed by atoms with E-state index >= 15 is 0 Å². The van der Waals surface area contributed by atoms with Gasteiger partial charge in [-0.3, -0.25) is 10.1 Å². The molecule has 3 aromatic rings. The molecule has 0 aliphatic carbocycles. The van der Waals surface area contributed by atoms with E-state index in [9.17, 15) is 9.59 Å². The number of anilines is 2. The minimum Gasteiger partial charge on any atom is -0.454 e. The number of urea groups is 1. The number of ether oxygens (including phenoxy) is 2. The Bertz CT molecular complexity index is 1090. The molecular weight excluding hydrogens is 408 g/mol. The maximum Gasteiger partial charge on any atom is 0.325 e. The van der Waals surface area contributed by atoms with Crippen LogP contribution >= 0.6 is 11.3 Å². The topological polar surface area (TPSA) is 127 Å². The van der Waals surface area contributed by atoms with E-state index in [4.69, 9.17) is 9.47 Å². The second-order valence-corrected chi connectivity index (χ2v) is 7.09. The molecular formula is C19H16N6O4S. The lowest BCUT2D eigenvalue weighted by Crippen LogP contribution is -2.19. The molecule has 4 rings (SSSR count). The zero-order chi connectivity index (χ0) is 20.8. The van der Waals surface area contributed by atoms with Crippen LogP contribution in [0.15, 0.2) is 53.6 Å². The summed E-state index contributed by atoms with van der Waals surface area (Å²) in [6.07, 6.45) is 1.49. The molecule has 0 saturated heterocycles. The molecule has 30 heavy (non-hydrogen) atoms. The monoisotopic (exact) mass is 424 g/mol. The maximum atomic E-state index is 12.0. The third-order valence-electron chi connectivity index (χ3n) is 3.83. The first kappa shape index (κ1) is 19.3. The molecule has 0 spiro atoms. The fraction of sp³-hybridized carbons (Fsp3) is 0.105. The third kappa shape index (κ3) is 5.08. The van der Waals surface area contributed by atoms with Gasteiger partial charge in [-0.25, -0.2) is 10.2 Å². The highest BCUT2D eigenvalue weighted by molar-refractivity contribution is 7.15. The molecule has 2 heterocycles. The van der Waals surface area contributed by atoms with Crippen molar-refractivity contribution in [1.29, 1.82) is 0 Å². The Labute approximate surface area is 174 Å². The molecule has 0 bridgehead atoms. The quantitative estimate of drug-likeness (QED) is 0.412. The molecule has 11 heteroatoms. The van der Waals surface area contributed by atoms with Crippen LogP contribution in [0.3, 0.4) is 0 Å². The van der Waals surface area contributed by atoms with Gasteiger partial charge < -0.3 is 14.8 Å². The Morgan fingerprint density at radius 3 is 2.77 bits per heavy atom. The summed E-state index contributed by atoms with van der Waals surface area (Å²) in [4.78, 5) is 24.0. The number of carbonyl (C=O) groups excluding carboxylic acids is 2. The van der Waals surface area contributed by atoms with Crippen LogP contribution in [0.1, 0.15) is 10.6 Å². The summed E-state index contributed by atoms with van der Waals surface area (Å²) in [5, 5.41) is 17.7. The van der Waals surface area contributed by atoms with Crippen molar-refractivity contribution in [2.45, 2.75) is 6.42 Å². The van der Waals surface area contributed by atoms with Crippen molar-refractivity contribution in [3.63, 3.8) is 0 Å². The SMILES string of the molecule is O=C(Cc1nnc(NC(=O)Nc2ccccc2)s1)N/N=C\c1ccc2c(c1)OCO2. The van der Waals surface area contributed by atoms with Gasteiger partial charge in [-0.1, -0.05) is 29.5 Å². The number of hydrogen-bond acceptors (Lipinski definition) is 8. The minimum atomic E-state index is -0.443. The van der Waals surface area contributed by atoms with Gasteiger partial charge in [0.05, 0.1) is 12.6 Å². The Balaban J connectivity index is 1.25. The summed E-state index contributed by atoms with van der Waals surface area (Å²) >= 11 is 1.11. The predicted octanol–water partition coefficient (Wildman–Crippen LogP) is 2.60. The highest BCUT2D eigenvalue weighted by Crippen LogP contribution is 2.31. The summed E-state index contributed by atoms with van der Waals surface area (Å²) in [6.45, 7) is 0.194. The van der Waals surface area contributed by atoms with Crippen LogP contribution in [-0.4, -0.2) is 35.1 Å². The molecule has 1 aromatic heterocycles. The van der Waals surface area contributed by atoms with E-state index in [1.807, 2.05) is 18.2 Å². The van der Waals surface area contributed by atoms with E-state index in [0.29, 0.717) is 22.2 Å². The average Bonchev–Trinajstić information content (AvgIpc) is 3.37. The summed E-state index contributed by atoms with van der Waals surface area (Å²) in [7, 11) is 0. The number of fused-ring (bicyclic) bond motifs is 1. The Morgan fingerprint density at radius 1 is 1.07 bits per heavy atom. The van der Waals surface area contributed by atoms with Crippen molar-refractivity contribution in [2.24, 2.45) is 5.10 Å². The number of para-hydroxylation sites is 1. The van der Waals surface area contributed by atoms with Gasteiger partial charge in [-0.15, -0.1) is 10.2 Å². The molecule has 2 aromatic carbocycles. The van der Waals surface area contributed by atoms with Gasteiger partial charge in [0.15, 0.2) is 11.5 Å². The van der Waals surface area contributed by atoms with Crippen molar-refractivity contribution in [2.75, 3.05) is 17.4 Å². The van der Waals surface area contributed by atoms with E-state index in [2.05, 4.69) is 31.4 Å². The van der Waals surface area contributed by atoms with Crippen molar-refractivity contribution < 1.29 is 19.1 Å². The van der Waals surface area contributed by atoms with Gasteiger partial charge in [0, 0.05) is 5.69 Å². The maximum absolute atomic E-state index is 12.0. The van der Waals surface area contributed by atoms with Crippen LogP contribution in [0.2, 0.25) is 0 Å². The molecule has 0 fully saturated rings. The van der Waals surface area contributed by atoms with Gasteiger partial charge in [0.25, 0.3) is 0 Å². The Morgan fingerprint density at radius 2 is 1.90 bits per heavy atom. The molecule has 0 saturated carbocycles.